The highest BCUT2D eigenvalue weighted by Crippen LogP contribution is 2.44. The summed E-state index contributed by atoms with van der Waals surface area (Å²) >= 11 is 3.47. The molecule has 4 rings (SSSR count). The van der Waals surface area contributed by atoms with Gasteiger partial charge in [0.05, 0.1) is 13.2 Å². The van der Waals surface area contributed by atoms with Crippen molar-refractivity contribution in [3.05, 3.63) is 105 Å². The first-order valence-corrected chi connectivity index (χ1v) is 10.5. The lowest BCUT2D eigenvalue weighted by atomic mass is 9.93. The fraction of sp³-hybridized carbons (Fsp3) is 0.160. The van der Waals surface area contributed by atoms with Gasteiger partial charge in [0.2, 0.25) is 0 Å². The summed E-state index contributed by atoms with van der Waals surface area (Å²) in [4.78, 5) is 14.9. The van der Waals surface area contributed by atoms with Crippen LogP contribution in [-0.4, -0.2) is 23.0 Å². The van der Waals surface area contributed by atoms with E-state index >= 15 is 0 Å². The zero-order chi connectivity index (χ0) is 21.3. The van der Waals surface area contributed by atoms with Crippen LogP contribution in [-0.2, 0) is 11.3 Å². The molecule has 0 fully saturated rings. The van der Waals surface area contributed by atoms with E-state index in [0.717, 1.165) is 32.5 Å². The molecule has 5 heteroatoms. The van der Waals surface area contributed by atoms with Crippen molar-refractivity contribution >= 4 is 27.4 Å². The summed E-state index contributed by atoms with van der Waals surface area (Å²) in [5, 5.41) is 10.9. The average molecular weight is 464 g/mol. The summed E-state index contributed by atoms with van der Waals surface area (Å²) < 4.78 is 6.28. The molecule has 0 aromatic heterocycles. The summed E-state index contributed by atoms with van der Waals surface area (Å²) in [6.45, 7) is 2.37. The van der Waals surface area contributed by atoms with E-state index in [-0.39, 0.29) is 17.7 Å². The molecule has 1 aliphatic rings. The van der Waals surface area contributed by atoms with Crippen LogP contribution in [0.4, 0.5) is 0 Å². The van der Waals surface area contributed by atoms with E-state index in [1.54, 1.807) is 12.0 Å². The van der Waals surface area contributed by atoms with E-state index in [2.05, 4.69) is 15.9 Å². The van der Waals surface area contributed by atoms with E-state index in [0.29, 0.717) is 12.1 Å². The van der Waals surface area contributed by atoms with Crippen molar-refractivity contribution in [2.75, 3.05) is 7.11 Å². The van der Waals surface area contributed by atoms with Crippen LogP contribution < -0.4 is 4.74 Å². The standard InChI is InChI=1S/C25H22BrNO3/c1-16-6-8-18(9-7-16)22-23(19-10-12-20(26)13-11-19)27(25(29)24(22)28)15-17-4-3-5-21(14-17)30-2/h3-14,23,28H,15H2,1-2H3. The summed E-state index contributed by atoms with van der Waals surface area (Å²) in [6.07, 6.45) is 0. The number of hydrogen-bond acceptors (Lipinski definition) is 3. The molecule has 0 saturated heterocycles. The number of aliphatic hydroxyl groups is 1. The third-order valence-corrected chi connectivity index (χ3v) is 5.87. The second-order valence-electron chi connectivity index (χ2n) is 7.37. The minimum atomic E-state index is -0.389. The monoisotopic (exact) mass is 463 g/mol. The molecule has 0 spiro atoms. The van der Waals surface area contributed by atoms with Gasteiger partial charge in [-0.05, 0) is 47.9 Å². The minimum Gasteiger partial charge on any atom is -0.503 e. The van der Waals surface area contributed by atoms with Gasteiger partial charge in [0.15, 0.2) is 5.76 Å². The Hall–Kier alpha value is -3.05. The Kier molecular flexibility index (Phi) is 5.64. The van der Waals surface area contributed by atoms with E-state index < -0.39 is 0 Å². The van der Waals surface area contributed by atoms with Crippen molar-refractivity contribution in [3.8, 4) is 5.75 Å². The number of hydrogen-bond donors (Lipinski definition) is 1. The molecule has 0 radical (unpaired) electrons. The molecule has 1 heterocycles. The van der Waals surface area contributed by atoms with Crippen LogP contribution in [0.15, 0.2) is 83.0 Å². The van der Waals surface area contributed by atoms with Crippen LogP contribution in [0.5, 0.6) is 5.75 Å². The number of carbonyl (C=O) groups excluding carboxylic acids is 1. The van der Waals surface area contributed by atoms with Gasteiger partial charge in [-0.1, -0.05) is 70.0 Å². The maximum absolute atomic E-state index is 13.1. The van der Waals surface area contributed by atoms with Crippen molar-refractivity contribution < 1.29 is 14.6 Å². The summed E-state index contributed by atoms with van der Waals surface area (Å²) in [5.74, 6) is 0.159. The third-order valence-electron chi connectivity index (χ3n) is 5.34. The molecule has 0 saturated carbocycles. The molecular formula is C25H22BrNO3. The van der Waals surface area contributed by atoms with Crippen LogP contribution in [0.25, 0.3) is 5.57 Å². The topological polar surface area (TPSA) is 49.8 Å². The first kappa shape index (κ1) is 20.2. The van der Waals surface area contributed by atoms with Gasteiger partial charge in [-0.15, -0.1) is 0 Å². The molecular weight excluding hydrogens is 442 g/mol. The normalized spacial score (nSPS) is 16.3. The summed E-state index contributed by atoms with van der Waals surface area (Å²) in [6, 6.07) is 23.0. The average Bonchev–Trinajstić information content (AvgIpc) is 3.00. The van der Waals surface area contributed by atoms with Crippen molar-refractivity contribution in [2.24, 2.45) is 0 Å². The molecule has 1 aliphatic heterocycles. The Morgan fingerprint density at radius 1 is 1.03 bits per heavy atom. The van der Waals surface area contributed by atoms with E-state index in [1.165, 1.54) is 0 Å². The molecule has 1 unspecified atom stereocenters. The number of halogens is 1. The molecule has 30 heavy (non-hydrogen) atoms. The maximum Gasteiger partial charge on any atom is 0.290 e. The predicted octanol–water partition coefficient (Wildman–Crippen LogP) is 5.82. The highest BCUT2D eigenvalue weighted by molar-refractivity contribution is 9.10. The van der Waals surface area contributed by atoms with Gasteiger partial charge in [-0.25, -0.2) is 0 Å². The van der Waals surface area contributed by atoms with Gasteiger partial charge >= 0.3 is 0 Å². The van der Waals surface area contributed by atoms with Crippen LogP contribution >= 0.6 is 15.9 Å². The quantitative estimate of drug-likeness (QED) is 0.518. The van der Waals surface area contributed by atoms with Crippen LogP contribution in [0.3, 0.4) is 0 Å². The number of aryl methyl sites for hydroxylation is 1. The van der Waals surface area contributed by atoms with Crippen LogP contribution in [0, 0.1) is 6.92 Å². The number of nitrogens with zero attached hydrogens (tertiary/aromatic N) is 1. The fourth-order valence-corrected chi connectivity index (χ4v) is 4.07. The molecule has 4 nitrogen and oxygen atoms in total. The van der Waals surface area contributed by atoms with Gasteiger partial charge in [0.25, 0.3) is 5.91 Å². The van der Waals surface area contributed by atoms with Crippen molar-refractivity contribution in [3.63, 3.8) is 0 Å². The Morgan fingerprint density at radius 3 is 2.40 bits per heavy atom. The lowest BCUT2D eigenvalue weighted by Gasteiger charge is -2.27. The molecule has 1 amide bonds. The maximum atomic E-state index is 13.1. The molecule has 0 aliphatic carbocycles. The smallest absolute Gasteiger partial charge is 0.290 e. The van der Waals surface area contributed by atoms with Gasteiger partial charge in [0.1, 0.15) is 5.75 Å². The summed E-state index contributed by atoms with van der Waals surface area (Å²) in [7, 11) is 1.62. The van der Waals surface area contributed by atoms with E-state index in [4.69, 9.17) is 4.74 Å². The number of methoxy groups -OCH3 is 1. The SMILES string of the molecule is COc1cccc(CN2C(=O)C(O)=C(c3ccc(C)cc3)C2c2ccc(Br)cc2)c1. The van der Waals surface area contributed by atoms with E-state index in [1.807, 2.05) is 79.7 Å². The second kappa shape index (κ2) is 8.36. The number of rotatable bonds is 5. The van der Waals surface area contributed by atoms with Crippen molar-refractivity contribution in [2.45, 2.75) is 19.5 Å². The number of benzene rings is 3. The fourth-order valence-electron chi connectivity index (χ4n) is 3.80. The van der Waals surface area contributed by atoms with Gasteiger partial charge < -0.3 is 14.7 Å². The van der Waals surface area contributed by atoms with Gasteiger partial charge in [0, 0.05) is 16.6 Å². The molecule has 3 aromatic carbocycles. The first-order chi connectivity index (χ1) is 14.5. The number of carbonyl (C=O) groups is 1. The molecule has 1 N–H and O–H groups in total. The third kappa shape index (κ3) is 3.85. The lowest BCUT2D eigenvalue weighted by molar-refractivity contribution is -0.130. The molecule has 152 valence electrons. The van der Waals surface area contributed by atoms with Gasteiger partial charge in [-0.2, -0.15) is 0 Å². The molecule has 1 atom stereocenters. The van der Waals surface area contributed by atoms with Crippen LogP contribution in [0.2, 0.25) is 0 Å². The minimum absolute atomic E-state index is 0.199. The molecule has 0 bridgehead atoms. The zero-order valence-electron chi connectivity index (χ0n) is 16.8. The Balaban J connectivity index is 1.79. The van der Waals surface area contributed by atoms with Crippen molar-refractivity contribution in [1.82, 2.24) is 4.90 Å². The second-order valence-corrected chi connectivity index (χ2v) is 8.28. The zero-order valence-corrected chi connectivity index (χ0v) is 18.4. The first-order valence-electron chi connectivity index (χ1n) is 9.67. The van der Waals surface area contributed by atoms with Crippen molar-refractivity contribution in [1.29, 1.82) is 0 Å². The Labute approximate surface area is 184 Å². The largest absolute Gasteiger partial charge is 0.503 e. The number of aliphatic hydroxyl groups excluding tert-OH is 1. The highest BCUT2D eigenvalue weighted by Gasteiger charge is 2.41. The summed E-state index contributed by atoms with van der Waals surface area (Å²) in [5.41, 5.74) is 4.46. The molecule has 3 aromatic rings. The highest BCUT2D eigenvalue weighted by atomic mass is 79.9. The number of amides is 1. The van der Waals surface area contributed by atoms with E-state index in [9.17, 15) is 9.90 Å². The predicted molar refractivity (Wildman–Crippen MR) is 121 cm³/mol. The van der Waals surface area contributed by atoms with Crippen LogP contribution in [0.1, 0.15) is 28.3 Å². The Morgan fingerprint density at radius 2 is 1.73 bits per heavy atom. The number of ether oxygens (including phenoxy) is 1. The van der Waals surface area contributed by atoms with Gasteiger partial charge in [-0.3, -0.25) is 4.79 Å². The Bertz CT molecular complexity index is 1100. The lowest BCUT2D eigenvalue weighted by Crippen LogP contribution is -2.29.